The molecule has 2 aliphatic rings. The number of hydrogen-bond donors (Lipinski definition) is 0. The fraction of sp³-hybridized carbons (Fsp3) is 0.321. The molecule has 1 saturated heterocycles. The third-order valence-electron chi connectivity index (χ3n) is 6.73. The number of nitro benzene ring substituents is 1. The van der Waals surface area contributed by atoms with Crippen molar-refractivity contribution in [2.75, 3.05) is 18.0 Å². The molecule has 1 atom stereocenters. The number of thiazole rings is 1. The topological polar surface area (TPSA) is 107 Å². The van der Waals surface area contributed by atoms with E-state index in [4.69, 9.17) is 16.3 Å². The van der Waals surface area contributed by atoms with E-state index in [1.54, 1.807) is 57.2 Å². The van der Waals surface area contributed by atoms with Crippen LogP contribution in [0.2, 0.25) is 5.02 Å². The fourth-order valence-corrected chi connectivity index (χ4v) is 6.14. The van der Waals surface area contributed by atoms with E-state index in [0.717, 1.165) is 31.6 Å². The van der Waals surface area contributed by atoms with Gasteiger partial charge in [0.15, 0.2) is 4.80 Å². The smallest absolute Gasteiger partial charge is 0.338 e. The zero-order valence-electron chi connectivity index (χ0n) is 21.7. The van der Waals surface area contributed by atoms with Crippen molar-refractivity contribution in [3.05, 3.63) is 99.7 Å². The Morgan fingerprint density at radius 1 is 1.21 bits per heavy atom. The molecular formula is C28H27ClN4O5S. The first-order chi connectivity index (χ1) is 18.6. The summed E-state index contributed by atoms with van der Waals surface area (Å²) < 4.78 is 7.39. The van der Waals surface area contributed by atoms with E-state index in [-0.39, 0.29) is 22.9 Å². The summed E-state index contributed by atoms with van der Waals surface area (Å²) in [5.74, 6) is -0.546. The average Bonchev–Trinajstić information content (AvgIpc) is 3.52. The second-order valence-corrected chi connectivity index (χ2v) is 11.2. The Labute approximate surface area is 233 Å². The summed E-state index contributed by atoms with van der Waals surface area (Å²) in [6.07, 6.45) is 3.41. The van der Waals surface area contributed by atoms with Gasteiger partial charge in [0, 0.05) is 41.5 Å². The fourth-order valence-electron chi connectivity index (χ4n) is 4.98. The Morgan fingerprint density at radius 3 is 2.54 bits per heavy atom. The van der Waals surface area contributed by atoms with Crippen molar-refractivity contribution < 1.29 is 14.5 Å². The molecule has 0 saturated carbocycles. The van der Waals surface area contributed by atoms with E-state index >= 15 is 0 Å². The first-order valence-electron chi connectivity index (χ1n) is 12.7. The number of nitro groups is 1. The molecule has 1 fully saturated rings. The van der Waals surface area contributed by atoms with Gasteiger partial charge in [-0.2, -0.15) is 0 Å². The quantitative estimate of drug-likeness (QED) is 0.249. The van der Waals surface area contributed by atoms with Gasteiger partial charge in [-0.1, -0.05) is 35.1 Å². The van der Waals surface area contributed by atoms with Gasteiger partial charge in [-0.15, -0.1) is 0 Å². The first-order valence-corrected chi connectivity index (χ1v) is 13.9. The molecule has 1 unspecified atom stereocenters. The van der Waals surface area contributed by atoms with E-state index < -0.39 is 16.9 Å². The van der Waals surface area contributed by atoms with Crippen LogP contribution in [0.25, 0.3) is 6.08 Å². The van der Waals surface area contributed by atoms with E-state index in [1.807, 2.05) is 0 Å². The van der Waals surface area contributed by atoms with Crippen LogP contribution in [0.1, 0.15) is 50.8 Å². The summed E-state index contributed by atoms with van der Waals surface area (Å²) in [4.78, 5) is 45.5. The number of carbonyl (C=O) groups excluding carboxylic acids is 1. The number of fused-ring (bicyclic) bond motifs is 1. The summed E-state index contributed by atoms with van der Waals surface area (Å²) >= 11 is 7.31. The molecule has 5 rings (SSSR count). The third-order valence-corrected chi connectivity index (χ3v) is 7.96. The molecule has 3 aromatic rings. The number of ether oxygens (including phenoxy) is 1. The SMILES string of the molecule is CC1=C(C(=O)OC(C)C)C(c2ccc(Cl)cc2)n2c(sc(=Cc3cc([N+](=O)[O-])ccc3N3CCCC3)c2=O)=N1. The van der Waals surface area contributed by atoms with Crippen molar-refractivity contribution in [1.29, 1.82) is 0 Å². The minimum absolute atomic E-state index is 0.0504. The molecule has 202 valence electrons. The predicted molar refractivity (Wildman–Crippen MR) is 151 cm³/mol. The van der Waals surface area contributed by atoms with E-state index in [9.17, 15) is 19.7 Å². The minimum Gasteiger partial charge on any atom is -0.459 e. The van der Waals surface area contributed by atoms with Gasteiger partial charge in [-0.25, -0.2) is 9.79 Å². The highest BCUT2D eigenvalue weighted by Gasteiger charge is 2.34. The molecule has 39 heavy (non-hydrogen) atoms. The number of hydrogen-bond acceptors (Lipinski definition) is 8. The molecule has 0 amide bonds. The van der Waals surface area contributed by atoms with Crippen LogP contribution in [0, 0.1) is 10.1 Å². The molecule has 3 heterocycles. The maximum atomic E-state index is 14.0. The number of rotatable bonds is 6. The van der Waals surface area contributed by atoms with Gasteiger partial charge in [0.05, 0.1) is 32.9 Å². The number of halogens is 1. The monoisotopic (exact) mass is 566 g/mol. The molecule has 2 aromatic carbocycles. The van der Waals surface area contributed by atoms with Crippen LogP contribution in [0.15, 0.2) is 63.5 Å². The second-order valence-electron chi connectivity index (χ2n) is 9.78. The number of allylic oxidation sites excluding steroid dienone is 1. The molecule has 2 aliphatic heterocycles. The highest BCUT2D eigenvalue weighted by Crippen LogP contribution is 2.32. The van der Waals surface area contributed by atoms with Crippen LogP contribution in [-0.4, -0.2) is 34.7 Å². The van der Waals surface area contributed by atoms with Crippen LogP contribution < -0.4 is 19.8 Å². The summed E-state index contributed by atoms with van der Waals surface area (Å²) in [6.45, 7) is 6.94. The molecular weight excluding hydrogens is 540 g/mol. The molecule has 0 spiro atoms. The number of aromatic nitrogens is 1. The Bertz CT molecular complexity index is 1670. The third kappa shape index (κ3) is 5.26. The lowest BCUT2D eigenvalue weighted by molar-refractivity contribution is -0.384. The van der Waals surface area contributed by atoms with Gasteiger partial charge in [0.2, 0.25) is 0 Å². The molecule has 9 nitrogen and oxygen atoms in total. The lowest BCUT2D eigenvalue weighted by Gasteiger charge is -2.25. The largest absolute Gasteiger partial charge is 0.459 e. The van der Waals surface area contributed by atoms with Crippen LogP contribution in [0.4, 0.5) is 11.4 Å². The van der Waals surface area contributed by atoms with Gasteiger partial charge in [0.25, 0.3) is 11.2 Å². The van der Waals surface area contributed by atoms with Gasteiger partial charge < -0.3 is 9.64 Å². The standard InChI is InChI=1S/C28H27ClN4O5S/c1-16(2)38-27(35)24-17(3)30-28-32(25(24)18-6-8-20(29)9-7-18)26(34)23(39-28)15-19-14-21(33(36)37)10-11-22(19)31-12-4-5-13-31/h6-11,14-16,25H,4-5,12-13H2,1-3H3. The van der Waals surface area contributed by atoms with Crippen molar-refractivity contribution in [3.8, 4) is 0 Å². The van der Waals surface area contributed by atoms with Gasteiger partial charge in [-0.05, 0) is 63.5 Å². The zero-order chi connectivity index (χ0) is 27.8. The Balaban J connectivity index is 1.72. The molecule has 0 bridgehead atoms. The Kier molecular flexibility index (Phi) is 7.42. The molecule has 0 aliphatic carbocycles. The lowest BCUT2D eigenvalue weighted by Crippen LogP contribution is -2.40. The van der Waals surface area contributed by atoms with E-state index in [2.05, 4.69) is 9.89 Å². The summed E-state index contributed by atoms with van der Waals surface area (Å²) in [7, 11) is 0. The number of carbonyl (C=O) groups is 1. The number of anilines is 1. The second kappa shape index (κ2) is 10.8. The summed E-state index contributed by atoms with van der Waals surface area (Å²) in [5.41, 5.74) is 2.46. The predicted octanol–water partition coefficient (Wildman–Crippen LogP) is 4.35. The highest BCUT2D eigenvalue weighted by atomic mass is 35.5. The van der Waals surface area contributed by atoms with Crippen LogP contribution in [0.3, 0.4) is 0 Å². The normalized spacial score (nSPS) is 17.4. The van der Waals surface area contributed by atoms with Gasteiger partial charge in [-0.3, -0.25) is 19.5 Å². The first kappa shape index (κ1) is 26.8. The van der Waals surface area contributed by atoms with Crippen molar-refractivity contribution in [2.24, 2.45) is 4.99 Å². The van der Waals surface area contributed by atoms with Gasteiger partial charge >= 0.3 is 5.97 Å². The zero-order valence-corrected chi connectivity index (χ0v) is 23.3. The van der Waals surface area contributed by atoms with Crippen molar-refractivity contribution in [2.45, 2.75) is 45.8 Å². The maximum Gasteiger partial charge on any atom is 0.338 e. The van der Waals surface area contributed by atoms with Crippen LogP contribution >= 0.6 is 22.9 Å². The average molecular weight is 567 g/mol. The summed E-state index contributed by atoms with van der Waals surface area (Å²) in [5, 5.41) is 12.1. The van der Waals surface area contributed by atoms with Crippen molar-refractivity contribution in [1.82, 2.24) is 4.57 Å². The summed E-state index contributed by atoms with van der Waals surface area (Å²) in [6, 6.07) is 10.9. The van der Waals surface area contributed by atoms with E-state index in [0.29, 0.717) is 31.2 Å². The van der Waals surface area contributed by atoms with Crippen LogP contribution in [0.5, 0.6) is 0 Å². The Morgan fingerprint density at radius 2 is 1.90 bits per heavy atom. The molecule has 0 radical (unpaired) electrons. The highest BCUT2D eigenvalue weighted by molar-refractivity contribution is 7.07. The maximum absolute atomic E-state index is 14.0. The number of esters is 1. The number of benzene rings is 2. The number of non-ortho nitro benzene ring substituents is 1. The van der Waals surface area contributed by atoms with Crippen LogP contribution in [-0.2, 0) is 9.53 Å². The Hall–Kier alpha value is -3.76. The molecule has 11 heteroatoms. The van der Waals surface area contributed by atoms with Crippen molar-refractivity contribution in [3.63, 3.8) is 0 Å². The molecule has 0 N–H and O–H groups in total. The van der Waals surface area contributed by atoms with Gasteiger partial charge in [0.1, 0.15) is 0 Å². The van der Waals surface area contributed by atoms with Crippen molar-refractivity contribution >= 4 is 46.4 Å². The lowest BCUT2D eigenvalue weighted by atomic mass is 9.96. The number of nitrogens with zero attached hydrogens (tertiary/aromatic N) is 4. The minimum atomic E-state index is -0.768. The molecule has 1 aromatic heterocycles. The van der Waals surface area contributed by atoms with E-state index in [1.165, 1.54) is 28.0 Å².